The summed E-state index contributed by atoms with van der Waals surface area (Å²) in [6, 6.07) is 4.81. The van der Waals surface area contributed by atoms with E-state index in [0.717, 1.165) is 18.6 Å². The van der Waals surface area contributed by atoms with Crippen LogP contribution in [-0.4, -0.2) is 57.1 Å². The first kappa shape index (κ1) is 25.8. The topological polar surface area (TPSA) is 75.1 Å². The molecule has 1 saturated heterocycles. The zero-order valence-electron chi connectivity index (χ0n) is 16.4. The number of aliphatic hydroxyl groups is 1. The van der Waals surface area contributed by atoms with E-state index in [0.29, 0.717) is 45.2 Å². The Hall–Kier alpha value is -1.27. The van der Waals surface area contributed by atoms with E-state index in [-0.39, 0.29) is 48.4 Å². The molecule has 0 aromatic heterocycles. The highest BCUT2D eigenvalue weighted by Gasteiger charge is 2.34. The Bertz CT molecular complexity index is 639. The summed E-state index contributed by atoms with van der Waals surface area (Å²) in [5.41, 5.74) is -0.883. The van der Waals surface area contributed by atoms with Crippen molar-refractivity contribution in [2.75, 3.05) is 46.1 Å². The number of ether oxygens (including phenoxy) is 2. The van der Waals surface area contributed by atoms with Crippen molar-refractivity contribution in [3.8, 4) is 5.75 Å². The van der Waals surface area contributed by atoms with Gasteiger partial charge in [-0.15, -0.1) is 24.0 Å². The minimum Gasteiger partial charge on any atom is -0.492 e. The van der Waals surface area contributed by atoms with Gasteiger partial charge < -0.3 is 25.2 Å². The number of alkyl halides is 3. The summed E-state index contributed by atoms with van der Waals surface area (Å²) in [5, 5.41) is 15.5. The molecular weight excluding hydrogens is 502 g/mol. The Morgan fingerprint density at radius 1 is 1.34 bits per heavy atom. The molecule has 0 bridgehead atoms. The minimum atomic E-state index is -4.39. The van der Waals surface area contributed by atoms with E-state index in [1.54, 1.807) is 0 Å². The van der Waals surface area contributed by atoms with Crippen LogP contribution in [-0.2, 0) is 10.9 Å². The van der Waals surface area contributed by atoms with Crippen LogP contribution in [0, 0.1) is 5.41 Å². The summed E-state index contributed by atoms with van der Waals surface area (Å²) in [5.74, 6) is 0.767. The molecule has 0 radical (unpaired) electrons. The van der Waals surface area contributed by atoms with E-state index < -0.39 is 11.7 Å². The van der Waals surface area contributed by atoms with Crippen molar-refractivity contribution in [3.05, 3.63) is 29.8 Å². The summed E-state index contributed by atoms with van der Waals surface area (Å²) in [7, 11) is 0. The lowest BCUT2D eigenvalue weighted by Gasteiger charge is -2.24. The average Bonchev–Trinajstić information content (AvgIpc) is 3.12. The molecule has 1 aliphatic heterocycles. The highest BCUT2D eigenvalue weighted by atomic mass is 127. The number of guanidine groups is 1. The van der Waals surface area contributed by atoms with Gasteiger partial charge in [0.05, 0.1) is 25.3 Å². The number of benzene rings is 1. The maximum atomic E-state index is 12.7. The maximum Gasteiger partial charge on any atom is 0.416 e. The molecule has 10 heteroatoms. The SMILES string of the molecule is CCNC(=NCC1(CCO)CCOC1)NCCOc1cccc(C(F)(F)F)c1.I. The number of rotatable bonds is 9. The van der Waals surface area contributed by atoms with Gasteiger partial charge in [0, 0.05) is 25.2 Å². The second-order valence-corrected chi connectivity index (χ2v) is 6.77. The van der Waals surface area contributed by atoms with Crippen molar-refractivity contribution in [2.24, 2.45) is 10.4 Å². The fraction of sp³-hybridized carbons (Fsp3) is 0.632. The van der Waals surface area contributed by atoms with Gasteiger partial charge in [0.25, 0.3) is 0 Å². The van der Waals surface area contributed by atoms with Crippen molar-refractivity contribution in [2.45, 2.75) is 25.9 Å². The predicted molar refractivity (Wildman–Crippen MR) is 116 cm³/mol. The Morgan fingerprint density at radius 3 is 2.76 bits per heavy atom. The van der Waals surface area contributed by atoms with Crippen molar-refractivity contribution in [1.82, 2.24) is 10.6 Å². The second-order valence-electron chi connectivity index (χ2n) is 6.77. The third kappa shape index (κ3) is 8.55. The van der Waals surface area contributed by atoms with Crippen molar-refractivity contribution in [1.29, 1.82) is 0 Å². The van der Waals surface area contributed by atoms with E-state index in [1.807, 2.05) is 6.92 Å². The molecule has 1 fully saturated rings. The fourth-order valence-electron chi connectivity index (χ4n) is 2.98. The molecule has 6 nitrogen and oxygen atoms in total. The number of hydrogen-bond donors (Lipinski definition) is 3. The molecule has 1 aromatic rings. The van der Waals surface area contributed by atoms with Gasteiger partial charge in [-0.3, -0.25) is 4.99 Å². The van der Waals surface area contributed by atoms with Gasteiger partial charge in [0.2, 0.25) is 0 Å². The first-order valence-corrected chi connectivity index (χ1v) is 9.39. The number of hydrogen-bond acceptors (Lipinski definition) is 4. The number of nitrogens with one attached hydrogen (secondary N) is 2. The lowest BCUT2D eigenvalue weighted by Crippen LogP contribution is -2.40. The zero-order chi connectivity index (χ0) is 20.5. The van der Waals surface area contributed by atoms with Gasteiger partial charge >= 0.3 is 6.18 Å². The number of aliphatic hydroxyl groups excluding tert-OH is 1. The van der Waals surface area contributed by atoms with E-state index in [4.69, 9.17) is 9.47 Å². The van der Waals surface area contributed by atoms with Crippen LogP contribution < -0.4 is 15.4 Å². The summed E-state index contributed by atoms with van der Waals surface area (Å²) in [4.78, 5) is 4.58. The predicted octanol–water partition coefficient (Wildman–Crippen LogP) is 3.05. The van der Waals surface area contributed by atoms with E-state index >= 15 is 0 Å². The van der Waals surface area contributed by atoms with Crippen LogP contribution in [0.15, 0.2) is 29.3 Å². The van der Waals surface area contributed by atoms with Crippen LogP contribution >= 0.6 is 24.0 Å². The zero-order valence-corrected chi connectivity index (χ0v) is 18.8. The van der Waals surface area contributed by atoms with Crippen molar-refractivity contribution < 1.29 is 27.8 Å². The Morgan fingerprint density at radius 2 is 2.14 bits per heavy atom. The highest BCUT2D eigenvalue weighted by Crippen LogP contribution is 2.32. The average molecular weight is 531 g/mol. The summed E-state index contributed by atoms with van der Waals surface area (Å²) in [6.45, 7) is 5.05. The fourth-order valence-corrected chi connectivity index (χ4v) is 2.98. The monoisotopic (exact) mass is 531 g/mol. The molecule has 0 aliphatic carbocycles. The quantitative estimate of drug-likeness (QED) is 0.198. The lowest BCUT2D eigenvalue weighted by molar-refractivity contribution is -0.137. The summed E-state index contributed by atoms with van der Waals surface area (Å²) in [6.07, 6.45) is -2.90. The molecule has 1 heterocycles. The largest absolute Gasteiger partial charge is 0.492 e. The summed E-state index contributed by atoms with van der Waals surface area (Å²) >= 11 is 0. The molecular formula is C19H29F3IN3O3. The smallest absolute Gasteiger partial charge is 0.416 e. The molecule has 2 rings (SSSR count). The molecule has 3 N–H and O–H groups in total. The van der Waals surface area contributed by atoms with Crippen LogP contribution in [0.4, 0.5) is 13.2 Å². The first-order valence-electron chi connectivity index (χ1n) is 9.39. The maximum absolute atomic E-state index is 12.7. The highest BCUT2D eigenvalue weighted by molar-refractivity contribution is 14.0. The molecule has 166 valence electrons. The molecule has 1 unspecified atom stereocenters. The van der Waals surface area contributed by atoms with E-state index in [2.05, 4.69) is 15.6 Å². The van der Waals surface area contributed by atoms with Gasteiger partial charge in [-0.05, 0) is 38.0 Å². The van der Waals surface area contributed by atoms with Gasteiger partial charge in [-0.25, -0.2) is 0 Å². The van der Waals surface area contributed by atoms with Gasteiger partial charge in [0.15, 0.2) is 5.96 Å². The Labute approximate surface area is 186 Å². The summed E-state index contributed by atoms with van der Waals surface area (Å²) < 4.78 is 49.1. The second kappa shape index (κ2) is 12.4. The molecule has 0 saturated carbocycles. The van der Waals surface area contributed by atoms with E-state index in [9.17, 15) is 18.3 Å². The van der Waals surface area contributed by atoms with E-state index in [1.165, 1.54) is 12.1 Å². The third-order valence-corrected chi connectivity index (χ3v) is 4.57. The van der Waals surface area contributed by atoms with Gasteiger partial charge in [-0.2, -0.15) is 13.2 Å². The lowest BCUT2D eigenvalue weighted by atomic mass is 9.84. The van der Waals surface area contributed by atoms with Crippen molar-refractivity contribution in [3.63, 3.8) is 0 Å². The van der Waals surface area contributed by atoms with Crippen LogP contribution in [0.25, 0.3) is 0 Å². The third-order valence-electron chi connectivity index (χ3n) is 4.57. The van der Waals surface area contributed by atoms with Crippen LogP contribution in [0.5, 0.6) is 5.75 Å². The number of nitrogens with zero attached hydrogens (tertiary/aromatic N) is 1. The molecule has 0 amide bonds. The van der Waals surface area contributed by atoms with Crippen LogP contribution in [0.1, 0.15) is 25.3 Å². The minimum absolute atomic E-state index is 0. The molecule has 29 heavy (non-hydrogen) atoms. The van der Waals surface area contributed by atoms with Crippen LogP contribution in [0.2, 0.25) is 0 Å². The van der Waals surface area contributed by atoms with Gasteiger partial charge in [0.1, 0.15) is 12.4 Å². The van der Waals surface area contributed by atoms with Gasteiger partial charge in [-0.1, -0.05) is 6.07 Å². The molecule has 1 aromatic carbocycles. The molecule has 1 aliphatic rings. The molecule has 1 atom stereocenters. The number of halogens is 4. The normalized spacial score (nSPS) is 19.6. The van der Waals surface area contributed by atoms with Crippen LogP contribution in [0.3, 0.4) is 0 Å². The Kier molecular flexibility index (Phi) is 11.0. The Balaban J connectivity index is 0.00000420. The van der Waals surface area contributed by atoms with Crippen molar-refractivity contribution >= 4 is 29.9 Å². The number of aliphatic imine (C=N–C) groups is 1. The standard InChI is InChI=1S/C19H28F3N3O3.HI/c1-2-23-17(25-13-18(6-9-26)7-10-27-14-18)24-8-11-28-16-5-3-4-15(12-16)19(20,21)22;/h3-5,12,26H,2,6-11,13-14H2,1H3,(H2,23,24,25);1H. The first-order chi connectivity index (χ1) is 13.4. The molecule has 0 spiro atoms.